The van der Waals surface area contributed by atoms with Crippen LogP contribution in [0.5, 0.6) is 11.5 Å². The Hall–Kier alpha value is -3.32. The number of hydrogen-bond acceptors (Lipinski definition) is 6. The van der Waals surface area contributed by atoms with E-state index in [9.17, 15) is 9.90 Å². The molecule has 0 amide bonds. The molecule has 0 aliphatic carbocycles. The molecule has 1 unspecified atom stereocenters. The van der Waals surface area contributed by atoms with Crippen molar-refractivity contribution in [3.05, 3.63) is 65.5 Å². The Kier molecular flexibility index (Phi) is 7.67. The zero-order valence-electron chi connectivity index (χ0n) is 18.0. The minimum atomic E-state index is -0.987. The fourth-order valence-corrected chi connectivity index (χ4v) is 3.21. The van der Waals surface area contributed by atoms with E-state index in [0.717, 1.165) is 22.6 Å². The van der Waals surface area contributed by atoms with Crippen LogP contribution in [0.3, 0.4) is 0 Å². The Labute approximate surface area is 181 Å². The molecule has 31 heavy (non-hydrogen) atoms. The molecule has 0 bridgehead atoms. The number of aromatic nitrogens is 1. The summed E-state index contributed by atoms with van der Waals surface area (Å²) in [4.78, 5) is 15.9. The van der Waals surface area contributed by atoms with Crippen molar-refractivity contribution in [2.24, 2.45) is 0 Å². The number of carboxylic acids is 1. The van der Waals surface area contributed by atoms with Crippen LogP contribution in [0.25, 0.3) is 11.5 Å². The number of oxazole rings is 1. The Morgan fingerprint density at radius 3 is 2.61 bits per heavy atom. The van der Waals surface area contributed by atoms with E-state index >= 15 is 0 Å². The van der Waals surface area contributed by atoms with Gasteiger partial charge in [0.2, 0.25) is 5.89 Å². The van der Waals surface area contributed by atoms with Gasteiger partial charge >= 0.3 is 5.97 Å². The average molecular weight is 425 g/mol. The predicted octanol–water partition coefficient (Wildman–Crippen LogP) is 4.31. The zero-order valence-corrected chi connectivity index (χ0v) is 18.0. The van der Waals surface area contributed by atoms with Crippen molar-refractivity contribution < 1.29 is 28.5 Å². The van der Waals surface area contributed by atoms with E-state index in [4.69, 9.17) is 18.6 Å². The molecule has 1 atom stereocenters. The molecule has 0 aliphatic rings. The molecule has 1 heterocycles. The summed E-state index contributed by atoms with van der Waals surface area (Å²) in [5.41, 5.74) is 2.57. The molecule has 1 N–H and O–H groups in total. The molecular formula is C24H27NO6. The molecule has 164 valence electrons. The SMILES string of the molecule is CCOC(Cc1ccc(OCCc2nc(-c3ccccc3)oc2C)c(OC)c1)C(=O)O. The van der Waals surface area contributed by atoms with Gasteiger partial charge in [0.25, 0.3) is 0 Å². The third-order valence-electron chi connectivity index (χ3n) is 4.80. The van der Waals surface area contributed by atoms with Crippen LogP contribution in [-0.2, 0) is 22.4 Å². The van der Waals surface area contributed by atoms with Gasteiger partial charge in [-0.2, -0.15) is 0 Å². The molecule has 7 heteroatoms. The maximum atomic E-state index is 11.3. The van der Waals surface area contributed by atoms with Crippen LogP contribution in [0, 0.1) is 6.92 Å². The van der Waals surface area contributed by atoms with Crippen molar-refractivity contribution in [3.63, 3.8) is 0 Å². The van der Waals surface area contributed by atoms with Crippen LogP contribution in [0.1, 0.15) is 23.9 Å². The minimum Gasteiger partial charge on any atom is -0.493 e. The van der Waals surface area contributed by atoms with E-state index in [1.807, 2.05) is 43.3 Å². The predicted molar refractivity (Wildman–Crippen MR) is 116 cm³/mol. The molecule has 0 aliphatic heterocycles. The van der Waals surface area contributed by atoms with E-state index in [0.29, 0.717) is 37.0 Å². The highest BCUT2D eigenvalue weighted by molar-refractivity contribution is 5.72. The summed E-state index contributed by atoms with van der Waals surface area (Å²) >= 11 is 0. The summed E-state index contributed by atoms with van der Waals surface area (Å²) in [5.74, 6) is 1.50. The molecule has 0 saturated carbocycles. The number of ether oxygens (including phenoxy) is 3. The monoisotopic (exact) mass is 425 g/mol. The van der Waals surface area contributed by atoms with Crippen LogP contribution in [0.4, 0.5) is 0 Å². The van der Waals surface area contributed by atoms with Crippen molar-refractivity contribution in [3.8, 4) is 23.0 Å². The molecule has 3 aromatic rings. The molecule has 0 spiro atoms. The standard InChI is InChI=1S/C24H27NO6/c1-4-29-22(24(26)27)15-17-10-11-20(21(14-17)28-3)30-13-12-19-16(2)31-23(25-19)18-8-6-5-7-9-18/h5-11,14,22H,4,12-13,15H2,1-3H3,(H,26,27). The second-order valence-electron chi connectivity index (χ2n) is 6.96. The Morgan fingerprint density at radius 2 is 1.94 bits per heavy atom. The zero-order chi connectivity index (χ0) is 22.2. The van der Waals surface area contributed by atoms with Crippen LogP contribution in [0.15, 0.2) is 52.9 Å². The van der Waals surface area contributed by atoms with Gasteiger partial charge in [0.1, 0.15) is 5.76 Å². The third-order valence-corrected chi connectivity index (χ3v) is 4.80. The lowest BCUT2D eigenvalue weighted by Crippen LogP contribution is -2.26. The number of benzene rings is 2. The van der Waals surface area contributed by atoms with Gasteiger partial charge in [0.15, 0.2) is 17.6 Å². The first-order valence-electron chi connectivity index (χ1n) is 10.2. The lowest BCUT2D eigenvalue weighted by molar-refractivity contribution is -0.149. The van der Waals surface area contributed by atoms with Gasteiger partial charge in [-0.05, 0) is 43.7 Å². The molecule has 0 fully saturated rings. The summed E-state index contributed by atoms with van der Waals surface area (Å²) in [6, 6.07) is 15.1. The maximum absolute atomic E-state index is 11.3. The van der Waals surface area contributed by atoms with E-state index in [-0.39, 0.29) is 6.42 Å². The van der Waals surface area contributed by atoms with E-state index < -0.39 is 12.1 Å². The number of methoxy groups -OCH3 is 1. The van der Waals surface area contributed by atoms with Crippen molar-refractivity contribution in [2.75, 3.05) is 20.3 Å². The van der Waals surface area contributed by atoms with Gasteiger partial charge in [-0.3, -0.25) is 0 Å². The van der Waals surface area contributed by atoms with Crippen LogP contribution >= 0.6 is 0 Å². The van der Waals surface area contributed by atoms with Gasteiger partial charge in [-0.1, -0.05) is 24.3 Å². The molecule has 0 radical (unpaired) electrons. The van der Waals surface area contributed by atoms with Crippen LogP contribution in [-0.4, -0.2) is 42.5 Å². The summed E-state index contributed by atoms with van der Waals surface area (Å²) in [6.45, 7) is 4.39. The number of carboxylic acid groups (broad SMARTS) is 1. The molecular weight excluding hydrogens is 398 g/mol. The highest BCUT2D eigenvalue weighted by atomic mass is 16.5. The summed E-state index contributed by atoms with van der Waals surface area (Å²) in [7, 11) is 1.55. The fourth-order valence-electron chi connectivity index (χ4n) is 3.21. The Morgan fingerprint density at radius 1 is 1.16 bits per heavy atom. The number of carbonyl (C=O) groups is 1. The largest absolute Gasteiger partial charge is 0.493 e. The number of hydrogen-bond donors (Lipinski definition) is 1. The number of aliphatic carboxylic acids is 1. The van der Waals surface area contributed by atoms with E-state index in [1.54, 1.807) is 26.2 Å². The molecule has 0 saturated heterocycles. The summed E-state index contributed by atoms with van der Waals surface area (Å²) < 4.78 is 22.4. The lowest BCUT2D eigenvalue weighted by atomic mass is 10.1. The smallest absolute Gasteiger partial charge is 0.333 e. The van der Waals surface area contributed by atoms with E-state index in [1.165, 1.54) is 0 Å². The van der Waals surface area contributed by atoms with Gasteiger partial charge in [0, 0.05) is 25.0 Å². The summed E-state index contributed by atoms with van der Waals surface area (Å²) in [6.07, 6.45) is -0.0611. The second-order valence-corrected chi connectivity index (χ2v) is 6.96. The Bertz CT molecular complexity index is 999. The molecule has 2 aromatic carbocycles. The maximum Gasteiger partial charge on any atom is 0.333 e. The molecule has 7 nitrogen and oxygen atoms in total. The highest BCUT2D eigenvalue weighted by Crippen LogP contribution is 2.29. The van der Waals surface area contributed by atoms with Crippen LogP contribution < -0.4 is 9.47 Å². The molecule has 1 aromatic heterocycles. The van der Waals surface area contributed by atoms with Crippen molar-refractivity contribution in [1.29, 1.82) is 0 Å². The van der Waals surface area contributed by atoms with Crippen molar-refractivity contribution >= 4 is 5.97 Å². The summed E-state index contributed by atoms with van der Waals surface area (Å²) in [5, 5.41) is 9.27. The van der Waals surface area contributed by atoms with Crippen molar-refractivity contribution in [1.82, 2.24) is 4.98 Å². The first kappa shape index (κ1) is 22.4. The minimum absolute atomic E-state index is 0.250. The first-order chi connectivity index (χ1) is 15.0. The fraction of sp³-hybridized carbons (Fsp3) is 0.333. The topological polar surface area (TPSA) is 91.0 Å². The first-order valence-corrected chi connectivity index (χ1v) is 10.2. The number of nitrogens with zero attached hydrogens (tertiary/aromatic N) is 1. The Balaban J connectivity index is 1.63. The van der Waals surface area contributed by atoms with Gasteiger partial charge in [-0.25, -0.2) is 9.78 Å². The third kappa shape index (κ3) is 5.86. The number of aryl methyl sites for hydroxylation is 1. The van der Waals surface area contributed by atoms with Gasteiger partial charge in [0.05, 0.1) is 19.4 Å². The van der Waals surface area contributed by atoms with Gasteiger partial charge < -0.3 is 23.7 Å². The second kappa shape index (κ2) is 10.6. The lowest BCUT2D eigenvalue weighted by Gasteiger charge is -2.15. The highest BCUT2D eigenvalue weighted by Gasteiger charge is 2.19. The normalized spacial score (nSPS) is 11.8. The average Bonchev–Trinajstić information content (AvgIpc) is 3.15. The quantitative estimate of drug-likeness (QED) is 0.489. The van der Waals surface area contributed by atoms with Crippen LogP contribution in [0.2, 0.25) is 0 Å². The molecule has 3 rings (SSSR count). The number of rotatable bonds is 11. The van der Waals surface area contributed by atoms with Gasteiger partial charge in [-0.15, -0.1) is 0 Å². The van der Waals surface area contributed by atoms with E-state index in [2.05, 4.69) is 4.98 Å². The van der Waals surface area contributed by atoms with Crippen molar-refractivity contribution in [2.45, 2.75) is 32.8 Å².